The van der Waals surface area contributed by atoms with E-state index in [0.717, 1.165) is 0 Å². The lowest BCUT2D eigenvalue weighted by Gasteiger charge is -2.32. The van der Waals surface area contributed by atoms with Gasteiger partial charge in [0.25, 0.3) is 0 Å². The Bertz CT molecular complexity index is 515. The molecular weight excluding hydrogens is 274 g/mol. The van der Waals surface area contributed by atoms with E-state index in [-0.39, 0.29) is 5.75 Å². The minimum Gasteiger partial charge on any atom is -0.490 e. The second-order valence-electron chi connectivity index (χ2n) is 6.02. The Kier molecular flexibility index (Phi) is 4.22. The fourth-order valence-electron chi connectivity index (χ4n) is 2.17. The fourth-order valence-corrected chi connectivity index (χ4v) is 2.17. The molecular formula is C15H22BFO4. The number of hydrogen-bond acceptors (Lipinski definition) is 4. The molecule has 0 aliphatic carbocycles. The molecule has 0 unspecified atom stereocenters. The molecule has 1 aliphatic rings. The van der Waals surface area contributed by atoms with E-state index in [1.54, 1.807) is 12.1 Å². The second kappa shape index (κ2) is 5.50. The summed E-state index contributed by atoms with van der Waals surface area (Å²) in [5.41, 5.74) is -0.722. The molecule has 1 aromatic carbocycles. The Hall–Kier alpha value is -1.27. The highest BCUT2D eigenvalue weighted by molar-refractivity contribution is 6.62. The van der Waals surface area contributed by atoms with Crippen molar-refractivity contribution in [2.24, 2.45) is 0 Å². The van der Waals surface area contributed by atoms with Crippen LogP contribution in [0.1, 0.15) is 34.6 Å². The molecule has 1 aromatic rings. The maximum absolute atomic E-state index is 14.6. The maximum Gasteiger partial charge on any atom is 0.498 e. The number of benzene rings is 1. The van der Waals surface area contributed by atoms with Gasteiger partial charge < -0.3 is 18.8 Å². The largest absolute Gasteiger partial charge is 0.498 e. The Morgan fingerprint density at radius 2 is 1.71 bits per heavy atom. The molecule has 0 aromatic heterocycles. The van der Waals surface area contributed by atoms with Crippen molar-refractivity contribution in [3.8, 4) is 11.5 Å². The van der Waals surface area contributed by atoms with E-state index in [4.69, 9.17) is 18.8 Å². The maximum atomic E-state index is 14.6. The van der Waals surface area contributed by atoms with Gasteiger partial charge in [-0.25, -0.2) is 4.39 Å². The van der Waals surface area contributed by atoms with Crippen molar-refractivity contribution >= 4 is 12.6 Å². The SMILES string of the molecule is CCOc1ccc(B2OC(C)(C)C(C)(C)O2)c(F)c1OC. The van der Waals surface area contributed by atoms with Gasteiger partial charge in [-0.1, -0.05) is 6.07 Å². The van der Waals surface area contributed by atoms with Gasteiger partial charge in [0.05, 0.1) is 24.9 Å². The Labute approximate surface area is 125 Å². The molecule has 0 radical (unpaired) electrons. The van der Waals surface area contributed by atoms with Crippen molar-refractivity contribution in [2.45, 2.75) is 45.8 Å². The second-order valence-corrected chi connectivity index (χ2v) is 6.02. The third-order valence-electron chi connectivity index (χ3n) is 4.10. The lowest BCUT2D eigenvalue weighted by molar-refractivity contribution is 0.00578. The van der Waals surface area contributed by atoms with Crippen LogP contribution < -0.4 is 14.9 Å². The van der Waals surface area contributed by atoms with Crippen molar-refractivity contribution in [3.05, 3.63) is 17.9 Å². The average Bonchev–Trinajstić information content (AvgIpc) is 2.59. The number of ether oxygens (including phenoxy) is 2. The Balaban J connectivity index is 2.38. The molecule has 0 N–H and O–H groups in total. The van der Waals surface area contributed by atoms with Crippen molar-refractivity contribution in [3.63, 3.8) is 0 Å². The number of methoxy groups -OCH3 is 1. The summed E-state index contributed by atoms with van der Waals surface area (Å²) in [6.07, 6.45) is 0. The van der Waals surface area contributed by atoms with Crippen molar-refractivity contribution < 1.29 is 23.2 Å². The van der Waals surface area contributed by atoms with E-state index < -0.39 is 24.1 Å². The van der Waals surface area contributed by atoms with Gasteiger partial charge in [0, 0.05) is 5.46 Å². The normalized spacial score (nSPS) is 19.7. The van der Waals surface area contributed by atoms with Crippen LogP contribution in [0.15, 0.2) is 12.1 Å². The summed E-state index contributed by atoms with van der Waals surface area (Å²) in [4.78, 5) is 0. The van der Waals surface area contributed by atoms with E-state index in [2.05, 4.69) is 0 Å². The van der Waals surface area contributed by atoms with Crippen LogP contribution in [-0.2, 0) is 9.31 Å². The first-order chi connectivity index (χ1) is 9.73. The van der Waals surface area contributed by atoms with Gasteiger partial charge in [-0.05, 0) is 40.7 Å². The molecule has 1 aliphatic heterocycles. The molecule has 21 heavy (non-hydrogen) atoms. The Morgan fingerprint density at radius 1 is 1.14 bits per heavy atom. The summed E-state index contributed by atoms with van der Waals surface area (Å²) < 4.78 is 36.9. The quantitative estimate of drug-likeness (QED) is 0.800. The molecule has 1 fully saturated rings. The summed E-state index contributed by atoms with van der Waals surface area (Å²) in [7, 11) is 0.647. The summed E-state index contributed by atoms with van der Waals surface area (Å²) in [5, 5.41) is 0. The highest BCUT2D eigenvalue weighted by Crippen LogP contribution is 2.38. The van der Waals surface area contributed by atoms with E-state index >= 15 is 0 Å². The van der Waals surface area contributed by atoms with E-state index in [1.165, 1.54) is 7.11 Å². The summed E-state index contributed by atoms with van der Waals surface area (Å²) >= 11 is 0. The zero-order valence-electron chi connectivity index (χ0n) is 13.5. The molecule has 0 spiro atoms. The van der Waals surface area contributed by atoms with Crippen molar-refractivity contribution in [1.82, 2.24) is 0 Å². The van der Waals surface area contributed by atoms with Gasteiger partial charge in [-0.2, -0.15) is 0 Å². The smallest absolute Gasteiger partial charge is 0.490 e. The van der Waals surface area contributed by atoms with Gasteiger partial charge in [0.15, 0.2) is 17.3 Å². The first kappa shape index (κ1) is 16.1. The van der Waals surface area contributed by atoms with Crippen molar-refractivity contribution in [2.75, 3.05) is 13.7 Å². The molecule has 0 atom stereocenters. The number of rotatable bonds is 4. The molecule has 0 amide bonds. The molecule has 1 saturated heterocycles. The monoisotopic (exact) mass is 296 g/mol. The van der Waals surface area contributed by atoms with Crippen LogP contribution in [0.5, 0.6) is 11.5 Å². The van der Waals surface area contributed by atoms with Gasteiger partial charge >= 0.3 is 7.12 Å². The van der Waals surface area contributed by atoms with Gasteiger partial charge in [-0.15, -0.1) is 0 Å². The van der Waals surface area contributed by atoms with Gasteiger partial charge in [-0.3, -0.25) is 0 Å². The molecule has 6 heteroatoms. The van der Waals surface area contributed by atoms with Crippen LogP contribution in [0, 0.1) is 5.82 Å². The lowest BCUT2D eigenvalue weighted by Crippen LogP contribution is -2.41. The molecule has 2 rings (SSSR count). The average molecular weight is 296 g/mol. The third-order valence-corrected chi connectivity index (χ3v) is 4.10. The van der Waals surface area contributed by atoms with E-state index in [9.17, 15) is 4.39 Å². The first-order valence-corrected chi connectivity index (χ1v) is 7.08. The predicted octanol–water partition coefficient (Wildman–Crippen LogP) is 2.53. The molecule has 1 heterocycles. The highest BCUT2D eigenvalue weighted by Gasteiger charge is 2.52. The van der Waals surface area contributed by atoms with Crippen LogP contribution in [0.3, 0.4) is 0 Å². The highest BCUT2D eigenvalue weighted by atomic mass is 19.1. The predicted molar refractivity (Wildman–Crippen MR) is 79.8 cm³/mol. The lowest BCUT2D eigenvalue weighted by atomic mass is 9.78. The van der Waals surface area contributed by atoms with Crippen LogP contribution in [0.4, 0.5) is 4.39 Å². The molecule has 4 nitrogen and oxygen atoms in total. The summed E-state index contributed by atoms with van der Waals surface area (Å²) in [6.45, 7) is 9.98. The Morgan fingerprint density at radius 3 is 2.19 bits per heavy atom. The van der Waals surface area contributed by atoms with Crippen molar-refractivity contribution in [1.29, 1.82) is 0 Å². The minimum absolute atomic E-state index is 0.0732. The molecule has 0 bridgehead atoms. The van der Waals surface area contributed by atoms with Crippen LogP contribution in [-0.4, -0.2) is 32.0 Å². The zero-order valence-corrected chi connectivity index (χ0v) is 13.5. The zero-order chi connectivity index (χ0) is 15.8. The van der Waals surface area contributed by atoms with Crippen LogP contribution >= 0.6 is 0 Å². The van der Waals surface area contributed by atoms with Crippen LogP contribution in [0.25, 0.3) is 0 Å². The molecule has 116 valence electrons. The standard InChI is InChI=1S/C15H22BFO4/c1-7-19-11-9-8-10(12(17)13(11)18-6)16-20-14(2,3)15(4,5)21-16/h8-9H,7H2,1-6H3. The minimum atomic E-state index is -0.764. The number of halogens is 1. The summed E-state index contributed by atoms with van der Waals surface area (Å²) in [6, 6.07) is 3.29. The van der Waals surface area contributed by atoms with E-state index in [0.29, 0.717) is 17.8 Å². The van der Waals surface area contributed by atoms with Gasteiger partial charge in [0.2, 0.25) is 0 Å². The first-order valence-electron chi connectivity index (χ1n) is 7.08. The van der Waals surface area contributed by atoms with Gasteiger partial charge in [0.1, 0.15) is 0 Å². The van der Waals surface area contributed by atoms with Crippen LogP contribution in [0.2, 0.25) is 0 Å². The topological polar surface area (TPSA) is 36.9 Å². The fraction of sp³-hybridized carbons (Fsp3) is 0.600. The number of hydrogen-bond donors (Lipinski definition) is 0. The van der Waals surface area contributed by atoms with E-state index in [1.807, 2.05) is 34.6 Å². The summed E-state index contributed by atoms with van der Waals surface area (Å²) in [5.74, 6) is -0.0659. The molecule has 0 saturated carbocycles. The third kappa shape index (κ3) is 2.74.